The van der Waals surface area contributed by atoms with Crippen molar-refractivity contribution in [1.29, 1.82) is 0 Å². The van der Waals surface area contributed by atoms with E-state index in [1.807, 2.05) is 0 Å². The fraction of sp³-hybridized carbons (Fsp3) is 0.861. The second kappa shape index (κ2) is 46.2. The van der Waals surface area contributed by atoms with Gasteiger partial charge in [0.2, 0.25) is 5.91 Å². The number of nitrogens with zero attached hydrogens (tertiary/aromatic N) is 2. The Kier molecular flexibility index (Phi) is 49.4. The van der Waals surface area contributed by atoms with Gasteiger partial charge in [0.05, 0.1) is 58.9 Å². The number of nitrogens with one attached hydrogen (secondary N) is 1. The van der Waals surface area contributed by atoms with Gasteiger partial charge >= 0.3 is 23.9 Å². The van der Waals surface area contributed by atoms with Gasteiger partial charge in [0.15, 0.2) is 0 Å². The summed E-state index contributed by atoms with van der Waals surface area (Å²) in [5, 5.41) is 86.5. The number of carboxylic acid groups (broad SMARTS) is 4. The maximum absolute atomic E-state index is 11.7. The lowest BCUT2D eigenvalue weighted by atomic mass is 10.0. The number of hydrogen-bond acceptors (Lipinski definition) is 13. The third-order valence-electron chi connectivity index (χ3n) is 7.57. The van der Waals surface area contributed by atoms with Crippen LogP contribution in [0, 0.1) is 0 Å². The lowest BCUT2D eigenvalue weighted by molar-refractivity contribution is -0.147. The number of aliphatic carboxylic acids is 4. The molecule has 0 heterocycles. The number of aliphatic hydroxyl groups excluding tert-OH is 6. The van der Waals surface area contributed by atoms with Gasteiger partial charge in [0.1, 0.15) is 6.04 Å². The molecule has 0 saturated carbocycles. The summed E-state index contributed by atoms with van der Waals surface area (Å²) in [5.41, 5.74) is 0. The Morgan fingerprint density at radius 3 is 0.981 bits per heavy atom. The van der Waals surface area contributed by atoms with Crippen molar-refractivity contribution < 1.29 is 75.0 Å². The van der Waals surface area contributed by atoms with Crippen molar-refractivity contribution in [3.8, 4) is 0 Å². The van der Waals surface area contributed by atoms with Crippen molar-refractivity contribution in [1.82, 2.24) is 15.1 Å². The monoisotopic (exact) mass is 788 g/mol. The molecule has 1 amide bonds. The number of rotatable bonds is 33. The Labute approximate surface area is 320 Å². The summed E-state index contributed by atoms with van der Waals surface area (Å²) >= 11 is 0. The summed E-state index contributed by atoms with van der Waals surface area (Å²) in [6.07, 6.45) is 14.9. The van der Waals surface area contributed by atoms with Crippen LogP contribution < -0.4 is 5.32 Å². The molecule has 0 radical (unpaired) electrons. The van der Waals surface area contributed by atoms with Crippen molar-refractivity contribution in [2.45, 2.75) is 122 Å². The predicted octanol–water partition coefficient (Wildman–Crippen LogP) is 0.978. The highest BCUT2D eigenvalue weighted by Gasteiger charge is 2.22. The lowest BCUT2D eigenvalue weighted by Crippen LogP contribution is -2.42. The first kappa shape index (κ1) is 57.7. The minimum atomic E-state index is -1.35. The van der Waals surface area contributed by atoms with Crippen LogP contribution in [0.2, 0.25) is 0 Å². The summed E-state index contributed by atoms with van der Waals surface area (Å²) in [6.45, 7) is 5.74. The van der Waals surface area contributed by atoms with Crippen LogP contribution in [0.4, 0.5) is 0 Å². The minimum absolute atomic E-state index is 0.0694. The van der Waals surface area contributed by atoms with Crippen LogP contribution >= 0.6 is 0 Å². The van der Waals surface area contributed by atoms with Crippen LogP contribution in [-0.2, 0) is 24.0 Å². The van der Waals surface area contributed by atoms with E-state index in [9.17, 15) is 24.0 Å². The molecule has 11 N–H and O–H groups in total. The summed E-state index contributed by atoms with van der Waals surface area (Å²) < 4.78 is 0. The molecule has 0 aromatic rings. The van der Waals surface area contributed by atoms with Gasteiger partial charge in [-0.3, -0.25) is 29.0 Å². The number of carbonyl (C=O) groups is 5. The Balaban J connectivity index is -0.000000364. The Morgan fingerprint density at radius 1 is 0.444 bits per heavy atom. The fourth-order valence-corrected chi connectivity index (χ4v) is 4.68. The molecule has 0 aliphatic carbocycles. The molecular weight excluding hydrogens is 714 g/mol. The van der Waals surface area contributed by atoms with Gasteiger partial charge < -0.3 is 56.4 Å². The minimum Gasteiger partial charge on any atom is -0.481 e. The molecule has 0 aliphatic rings. The van der Waals surface area contributed by atoms with E-state index in [2.05, 4.69) is 12.2 Å². The van der Waals surface area contributed by atoms with E-state index in [-0.39, 0.29) is 64.8 Å². The van der Waals surface area contributed by atoms with Crippen molar-refractivity contribution >= 4 is 29.8 Å². The first-order valence-electron chi connectivity index (χ1n) is 19.1. The van der Waals surface area contributed by atoms with E-state index >= 15 is 0 Å². The van der Waals surface area contributed by atoms with Crippen LogP contribution in [0.15, 0.2) is 0 Å². The standard InChI is InChI=1S/C20H37NO5.2C6H15NO3.C4H6O4/c1-2-3-4-5-6-7-8-9-10-11-12-13-14-15-18(22)21-17(20(25)26)16-19(23)24;2*8-4-1-7(2-5-9)3-6-10;5-3(6)1-2-4(7)8/h17H,2-16H2,1H3,(H,21,22)(H,23,24)(H,25,26);2*8-10H,1-6H2;1-2H2,(H,5,6)(H,7,8)/t17-;;;/m0.../s1. The molecule has 18 heteroatoms. The number of carbonyl (C=O) groups excluding carboxylic acids is 1. The summed E-state index contributed by atoms with van der Waals surface area (Å²) in [5.74, 6) is -5.09. The van der Waals surface area contributed by atoms with Crippen LogP contribution in [0.5, 0.6) is 0 Å². The number of carboxylic acids is 4. The highest BCUT2D eigenvalue weighted by Crippen LogP contribution is 2.13. The van der Waals surface area contributed by atoms with Gasteiger partial charge in [-0.25, -0.2) is 4.79 Å². The van der Waals surface area contributed by atoms with Gasteiger partial charge in [0.25, 0.3) is 0 Å². The zero-order valence-corrected chi connectivity index (χ0v) is 32.5. The van der Waals surface area contributed by atoms with Crippen LogP contribution in [0.1, 0.15) is 116 Å². The zero-order chi connectivity index (χ0) is 41.8. The molecule has 0 aromatic heterocycles. The molecule has 0 rings (SSSR count). The van der Waals surface area contributed by atoms with Crippen LogP contribution in [0.3, 0.4) is 0 Å². The average Bonchev–Trinajstić information content (AvgIpc) is 3.10. The largest absolute Gasteiger partial charge is 0.481 e. The number of aliphatic hydroxyl groups is 6. The van der Waals surface area contributed by atoms with Gasteiger partial charge in [-0.15, -0.1) is 0 Å². The number of amides is 1. The molecule has 0 aliphatic heterocycles. The van der Waals surface area contributed by atoms with Crippen molar-refractivity contribution in [2.75, 3.05) is 78.9 Å². The Morgan fingerprint density at radius 2 is 0.741 bits per heavy atom. The van der Waals surface area contributed by atoms with Crippen molar-refractivity contribution in [3.63, 3.8) is 0 Å². The van der Waals surface area contributed by atoms with E-state index in [0.717, 1.165) is 12.8 Å². The fourth-order valence-electron chi connectivity index (χ4n) is 4.68. The second-order valence-electron chi connectivity index (χ2n) is 12.4. The van der Waals surface area contributed by atoms with Crippen molar-refractivity contribution in [2.24, 2.45) is 0 Å². The molecular formula is C36H73N3O15. The molecule has 54 heavy (non-hydrogen) atoms. The SMILES string of the molecule is CCCCCCCCCCCCCCCC(=O)N[C@@H](CC(=O)O)C(=O)O.O=C(O)CCC(=O)O.OCCN(CCO)CCO.OCCN(CCO)CCO. The molecule has 0 fully saturated rings. The molecule has 0 spiro atoms. The molecule has 0 aromatic carbocycles. The lowest BCUT2D eigenvalue weighted by Gasteiger charge is -2.17. The smallest absolute Gasteiger partial charge is 0.326 e. The number of hydrogen-bond donors (Lipinski definition) is 11. The third-order valence-corrected chi connectivity index (χ3v) is 7.57. The van der Waals surface area contributed by atoms with Crippen LogP contribution in [0.25, 0.3) is 0 Å². The van der Waals surface area contributed by atoms with Crippen LogP contribution in [-0.4, -0.2) is 176 Å². The summed E-state index contributed by atoms with van der Waals surface area (Å²) in [7, 11) is 0. The zero-order valence-electron chi connectivity index (χ0n) is 32.5. The predicted molar refractivity (Wildman–Crippen MR) is 202 cm³/mol. The van der Waals surface area contributed by atoms with E-state index in [1.54, 1.807) is 9.80 Å². The normalized spacial score (nSPS) is 11.0. The number of unbranched alkanes of at least 4 members (excludes halogenated alkanes) is 12. The van der Waals surface area contributed by atoms with E-state index in [4.69, 9.17) is 51.1 Å². The first-order chi connectivity index (χ1) is 25.8. The summed E-state index contributed by atoms with van der Waals surface area (Å²) in [6, 6.07) is -1.35. The second-order valence-corrected chi connectivity index (χ2v) is 12.4. The molecule has 1 atom stereocenters. The first-order valence-corrected chi connectivity index (χ1v) is 19.1. The average molecular weight is 788 g/mol. The molecule has 0 unspecified atom stereocenters. The van der Waals surface area contributed by atoms with Gasteiger partial charge in [-0.1, -0.05) is 84.0 Å². The summed E-state index contributed by atoms with van der Waals surface area (Å²) in [4.78, 5) is 56.0. The maximum atomic E-state index is 11.7. The Hall–Kier alpha value is -2.97. The van der Waals surface area contributed by atoms with Gasteiger partial charge in [-0.05, 0) is 6.42 Å². The molecule has 0 bridgehead atoms. The van der Waals surface area contributed by atoms with Gasteiger partial charge in [-0.2, -0.15) is 0 Å². The topological polar surface area (TPSA) is 306 Å². The van der Waals surface area contributed by atoms with E-state index in [1.165, 1.54) is 64.2 Å². The molecule has 0 saturated heterocycles. The van der Waals surface area contributed by atoms with Gasteiger partial charge in [0, 0.05) is 45.7 Å². The van der Waals surface area contributed by atoms with E-state index in [0.29, 0.717) is 45.7 Å². The highest BCUT2D eigenvalue weighted by molar-refractivity contribution is 5.86. The van der Waals surface area contributed by atoms with Crippen molar-refractivity contribution in [3.05, 3.63) is 0 Å². The Bertz CT molecular complexity index is 824. The third kappa shape index (κ3) is 51.1. The quantitative estimate of drug-likeness (QED) is 0.0413. The maximum Gasteiger partial charge on any atom is 0.326 e. The highest BCUT2D eigenvalue weighted by atomic mass is 16.4. The molecule has 322 valence electrons. The van der Waals surface area contributed by atoms with E-state index < -0.39 is 36.3 Å². The molecule has 18 nitrogen and oxygen atoms in total.